The Morgan fingerprint density at radius 1 is 1.36 bits per heavy atom. The van der Waals surface area contributed by atoms with Gasteiger partial charge in [-0.15, -0.1) is 0 Å². The summed E-state index contributed by atoms with van der Waals surface area (Å²) in [6, 6.07) is 0. The molecule has 2 heterocycles. The van der Waals surface area contributed by atoms with Gasteiger partial charge >= 0.3 is 0 Å². The molecule has 0 aromatic carbocycles. The highest BCUT2D eigenvalue weighted by molar-refractivity contribution is 4.83. The minimum absolute atomic E-state index is 0.286. The van der Waals surface area contributed by atoms with Gasteiger partial charge in [0, 0.05) is 6.54 Å². The second-order valence-corrected chi connectivity index (χ2v) is 3.35. The molecule has 0 aliphatic carbocycles. The number of rotatable bonds is 0. The molecule has 0 bridgehead atoms. The van der Waals surface area contributed by atoms with E-state index in [2.05, 4.69) is 12.2 Å². The maximum absolute atomic E-state index is 5.73. The van der Waals surface area contributed by atoms with Crippen molar-refractivity contribution in [2.45, 2.75) is 31.7 Å². The van der Waals surface area contributed by atoms with E-state index in [0.29, 0.717) is 12.2 Å². The highest BCUT2D eigenvalue weighted by Crippen LogP contribution is 2.19. The Morgan fingerprint density at radius 3 is 3.18 bits per heavy atom. The topological polar surface area (TPSA) is 30.5 Å². The Bertz CT molecular complexity index is 140. The summed E-state index contributed by atoms with van der Waals surface area (Å²) in [6.07, 6.45) is 2.03. The van der Waals surface area contributed by atoms with Crippen LogP contribution in [0.3, 0.4) is 0 Å². The molecule has 2 aliphatic rings. The van der Waals surface area contributed by atoms with Crippen molar-refractivity contribution in [2.24, 2.45) is 0 Å². The Balaban J connectivity index is 1.93. The third-order valence-electron chi connectivity index (χ3n) is 2.32. The number of nitrogens with one attached hydrogen (secondary N) is 1. The molecular formula is C8H15NO2. The van der Waals surface area contributed by atoms with Crippen molar-refractivity contribution in [1.82, 2.24) is 5.32 Å². The summed E-state index contributed by atoms with van der Waals surface area (Å²) < 4.78 is 11.3. The number of fused-ring (bicyclic) bond motifs is 1. The van der Waals surface area contributed by atoms with Crippen molar-refractivity contribution in [3.05, 3.63) is 0 Å². The first kappa shape index (κ1) is 7.53. The van der Waals surface area contributed by atoms with Gasteiger partial charge in [-0.2, -0.15) is 0 Å². The summed E-state index contributed by atoms with van der Waals surface area (Å²) in [7, 11) is 0. The molecule has 0 aromatic heterocycles. The van der Waals surface area contributed by atoms with Gasteiger partial charge in [-0.25, -0.2) is 0 Å². The van der Waals surface area contributed by atoms with Crippen molar-refractivity contribution >= 4 is 0 Å². The third kappa shape index (κ3) is 1.55. The Kier molecular flexibility index (Phi) is 2.11. The van der Waals surface area contributed by atoms with Crippen LogP contribution in [0.4, 0.5) is 0 Å². The predicted molar refractivity (Wildman–Crippen MR) is 41.6 cm³/mol. The van der Waals surface area contributed by atoms with Crippen LogP contribution in [-0.4, -0.2) is 38.0 Å². The average Bonchev–Trinajstić information content (AvgIpc) is 2.04. The fourth-order valence-corrected chi connectivity index (χ4v) is 1.72. The minimum atomic E-state index is 0.286. The average molecular weight is 157 g/mol. The van der Waals surface area contributed by atoms with Crippen molar-refractivity contribution in [2.75, 3.05) is 19.7 Å². The molecule has 0 aromatic rings. The number of hydrogen-bond acceptors (Lipinski definition) is 3. The molecule has 3 atom stereocenters. The van der Waals surface area contributed by atoms with E-state index in [-0.39, 0.29) is 6.10 Å². The molecule has 2 saturated heterocycles. The number of ether oxygens (including phenoxy) is 2. The van der Waals surface area contributed by atoms with E-state index < -0.39 is 0 Å². The van der Waals surface area contributed by atoms with Crippen LogP contribution < -0.4 is 5.32 Å². The molecule has 3 heteroatoms. The van der Waals surface area contributed by atoms with Crippen LogP contribution in [0.25, 0.3) is 0 Å². The Labute approximate surface area is 67.1 Å². The standard InChI is InChI=1S/C8H15NO2/c1-6-5-10-8-4-9-3-2-7(8)11-6/h6-9H,2-5H2,1H3. The minimum Gasteiger partial charge on any atom is -0.372 e. The van der Waals surface area contributed by atoms with Crippen molar-refractivity contribution in [1.29, 1.82) is 0 Å². The van der Waals surface area contributed by atoms with Crippen LogP contribution in [0.2, 0.25) is 0 Å². The Morgan fingerprint density at radius 2 is 2.27 bits per heavy atom. The second kappa shape index (κ2) is 3.09. The van der Waals surface area contributed by atoms with Gasteiger partial charge in [0.25, 0.3) is 0 Å². The second-order valence-electron chi connectivity index (χ2n) is 3.35. The van der Waals surface area contributed by atoms with Gasteiger partial charge in [0.05, 0.1) is 24.9 Å². The first-order valence-corrected chi connectivity index (χ1v) is 4.34. The van der Waals surface area contributed by atoms with Gasteiger partial charge in [-0.05, 0) is 19.9 Å². The van der Waals surface area contributed by atoms with Gasteiger partial charge in [0.15, 0.2) is 0 Å². The fraction of sp³-hybridized carbons (Fsp3) is 1.00. The summed E-state index contributed by atoms with van der Waals surface area (Å²) in [6.45, 7) is 4.84. The van der Waals surface area contributed by atoms with E-state index in [4.69, 9.17) is 9.47 Å². The predicted octanol–water partition coefficient (Wildman–Crippen LogP) is 0.152. The van der Waals surface area contributed by atoms with E-state index in [9.17, 15) is 0 Å². The summed E-state index contributed by atoms with van der Waals surface area (Å²) in [5.74, 6) is 0. The van der Waals surface area contributed by atoms with Crippen LogP contribution in [-0.2, 0) is 9.47 Å². The van der Waals surface area contributed by atoms with Crippen LogP contribution in [0.1, 0.15) is 13.3 Å². The van der Waals surface area contributed by atoms with E-state index >= 15 is 0 Å². The molecule has 3 nitrogen and oxygen atoms in total. The lowest BCUT2D eigenvalue weighted by atomic mass is 10.1. The lowest BCUT2D eigenvalue weighted by Crippen LogP contribution is -2.52. The monoisotopic (exact) mass is 157 g/mol. The normalized spacial score (nSPS) is 45.0. The van der Waals surface area contributed by atoms with E-state index in [1.54, 1.807) is 0 Å². The molecular weight excluding hydrogens is 142 g/mol. The largest absolute Gasteiger partial charge is 0.372 e. The maximum Gasteiger partial charge on any atom is 0.0962 e. The zero-order valence-corrected chi connectivity index (χ0v) is 6.88. The molecule has 11 heavy (non-hydrogen) atoms. The molecule has 0 spiro atoms. The molecule has 0 radical (unpaired) electrons. The molecule has 0 amide bonds. The van der Waals surface area contributed by atoms with Crippen molar-refractivity contribution in [3.8, 4) is 0 Å². The van der Waals surface area contributed by atoms with Gasteiger partial charge < -0.3 is 14.8 Å². The smallest absolute Gasteiger partial charge is 0.0962 e. The van der Waals surface area contributed by atoms with E-state index in [0.717, 1.165) is 26.1 Å². The first-order chi connectivity index (χ1) is 5.36. The van der Waals surface area contributed by atoms with Gasteiger partial charge in [-0.1, -0.05) is 0 Å². The highest BCUT2D eigenvalue weighted by atomic mass is 16.6. The molecule has 3 unspecified atom stereocenters. The maximum atomic E-state index is 5.73. The van der Waals surface area contributed by atoms with E-state index in [1.165, 1.54) is 0 Å². The molecule has 2 rings (SSSR count). The zero-order valence-electron chi connectivity index (χ0n) is 6.88. The van der Waals surface area contributed by atoms with Crippen LogP contribution in [0.5, 0.6) is 0 Å². The lowest BCUT2D eigenvalue weighted by molar-refractivity contribution is -0.181. The van der Waals surface area contributed by atoms with Crippen LogP contribution >= 0.6 is 0 Å². The summed E-state index contributed by atoms with van der Waals surface area (Å²) >= 11 is 0. The fourth-order valence-electron chi connectivity index (χ4n) is 1.72. The number of piperidine rings is 1. The lowest BCUT2D eigenvalue weighted by Gasteiger charge is -2.38. The van der Waals surface area contributed by atoms with Crippen LogP contribution in [0.15, 0.2) is 0 Å². The van der Waals surface area contributed by atoms with Crippen LogP contribution in [0, 0.1) is 0 Å². The van der Waals surface area contributed by atoms with Crippen molar-refractivity contribution < 1.29 is 9.47 Å². The van der Waals surface area contributed by atoms with Crippen molar-refractivity contribution in [3.63, 3.8) is 0 Å². The summed E-state index contributed by atoms with van der Waals surface area (Å²) in [5.41, 5.74) is 0. The molecule has 64 valence electrons. The highest BCUT2D eigenvalue weighted by Gasteiger charge is 2.31. The summed E-state index contributed by atoms with van der Waals surface area (Å²) in [5, 5.41) is 3.29. The first-order valence-electron chi connectivity index (χ1n) is 4.34. The summed E-state index contributed by atoms with van der Waals surface area (Å²) in [4.78, 5) is 0. The van der Waals surface area contributed by atoms with E-state index in [1.807, 2.05) is 0 Å². The molecule has 2 aliphatic heterocycles. The molecule has 2 fully saturated rings. The SMILES string of the molecule is CC1COC2CNCCC2O1. The zero-order chi connectivity index (χ0) is 7.68. The third-order valence-corrected chi connectivity index (χ3v) is 2.32. The molecule has 0 saturated carbocycles. The quantitative estimate of drug-likeness (QED) is 0.543. The number of hydrogen-bond donors (Lipinski definition) is 1. The Hall–Kier alpha value is -0.120. The molecule has 1 N–H and O–H groups in total. The van der Waals surface area contributed by atoms with Gasteiger partial charge in [-0.3, -0.25) is 0 Å². The van der Waals surface area contributed by atoms with Gasteiger partial charge in [0.2, 0.25) is 0 Å². The van der Waals surface area contributed by atoms with Gasteiger partial charge in [0.1, 0.15) is 0 Å².